The molecular weight excluding hydrogens is 257 g/mol. The van der Waals surface area contributed by atoms with Gasteiger partial charge in [-0.1, -0.05) is 12.1 Å². The molecule has 2 rings (SSSR count). The van der Waals surface area contributed by atoms with Gasteiger partial charge in [-0.25, -0.2) is 12.8 Å². The number of halogens is 1. The smallest absolute Gasteiger partial charge is 0.250 e. The molecule has 4 nitrogen and oxygen atoms in total. The third kappa shape index (κ3) is 2.02. The predicted octanol–water partition coefficient (Wildman–Crippen LogP) is 1.78. The Kier molecular flexibility index (Phi) is 3.41. The second-order valence-corrected chi connectivity index (χ2v) is 5.92. The molecule has 0 bridgehead atoms. The van der Waals surface area contributed by atoms with Gasteiger partial charge in [0.1, 0.15) is 18.2 Å². The monoisotopic (exact) mass is 271 g/mol. The molecule has 98 valence electrons. The summed E-state index contributed by atoms with van der Waals surface area (Å²) >= 11 is 0. The molecule has 0 saturated carbocycles. The first kappa shape index (κ1) is 13.0. The van der Waals surface area contributed by atoms with Crippen LogP contribution in [0, 0.1) is 5.82 Å². The average Bonchev–Trinajstić information content (AvgIpc) is 2.40. The average molecular weight is 271 g/mol. The Morgan fingerprint density at radius 1 is 1.61 bits per heavy atom. The van der Waals surface area contributed by atoms with Crippen LogP contribution in [0.3, 0.4) is 0 Å². The quantitative estimate of drug-likeness (QED) is 0.770. The zero-order valence-electron chi connectivity index (χ0n) is 9.97. The predicted molar refractivity (Wildman–Crippen MR) is 65.4 cm³/mol. The van der Waals surface area contributed by atoms with Gasteiger partial charge in [-0.2, -0.15) is 4.31 Å². The zero-order valence-corrected chi connectivity index (χ0v) is 10.8. The van der Waals surface area contributed by atoms with E-state index in [9.17, 15) is 12.8 Å². The molecule has 1 aliphatic heterocycles. The van der Waals surface area contributed by atoms with E-state index in [1.165, 1.54) is 22.5 Å². The topological polar surface area (TPSA) is 46.6 Å². The first-order valence-electron chi connectivity index (χ1n) is 5.52. The lowest BCUT2D eigenvalue weighted by Gasteiger charge is -2.23. The van der Waals surface area contributed by atoms with Crippen molar-refractivity contribution < 1.29 is 17.5 Å². The van der Waals surface area contributed by atoms with Crippen LogP contribution in [0.5, 0.6) is 5.75 Å². The molecule has 1 heterocycles. The number of hydrogen-bond acceptors (Lipinski definition) is 3. The lowest BCUT2D eigenvalue weighted by molar-refractivity contribution is 0.232. The number of sulfonamides is 1. The standard InChI is InChI=1S/C12H14FNO3S/c1-3-7-14-9(2)8-17-11-6-4-5-10(13)12(11)18(14,15)16/h3-6,9H,1,7-8H2,2H3/t9-/m1/s1. The lowest BCUT2D eigenvalue weighted by Crippen LogP contribution is -2.40. The minimum Gasteiger partial charge on any atom is -0.490 e. The number of benzene rings is 1. The summed E-state index contributed by atoms with van der Waals surface area (Å²) in [7, 11) is -3.90. The van der Waals surface area contributed by atoms with Gasteiger partial charge in [-0.15, -0.1) is 6.58 Å². The van der Waals surface area contributed by atoms with E-state index in [0.29, 0.717) is 0 Å². The fourth-order valence-electron chi connectivity index (χ4n) is 1.91. The SMILES string of the molecule is C=CCN1[C@H](C)COc2cccc(F)c2S1(=O)=O. The van der Waals surface area contributed by atoms with Crippen molar-refractivity contribution in [2.24, 2.45) is 0 Å². The Hall–Kier alpha value is -1.40. The maximum absolute atomic E-state index is 13.8. The van der Waals surface area contributed by atoms with Crippen molar-refractivity contribution in [3.63, 3.8) is 0 Å². The molecule has 18 heavy (non-hydrogen) atoms. The number of ether oxygens (including phenoxy) is 1. The third-order valence-corrected chi connectivity index (χ3v) is 4.82. The van der Waals surface area contributed by atoms with Crippen LogP contribution >= 0.6 is 0 Å². The molecule has 0 unspecified atom stereocenters. The largest absolute Gasteiger partial charge is 0.490 e. The molecule has 0 saturated heterocycles. The van der Waals surface area contributed by atoms with Gasteiger partial charge >= 0.3 is 0 Å². The number of hydrogen-bond donors (Lipinski definition) is 0. The van der Waals surface area contributed by atoms with Crippen molar-refractivity contribution >= 4 is 10.0 Å². The number of rotatable bonds is 2. The highest BCUT2D eigenvalue weighted by Gasteiger charge is 2.36. The minimum atomic E-state index is -3.90. The van der Waals surface area contributed by atoms with E-state index in [-0.39, 0.29) is 24.9 Å². The van der Waals surface area contributed by atoms with E-state index < -0.39 is 20.7 Å². The second kappa shape index (κ2) is 4.70. The van der Waals surface area contributed by atoms with E-state index in [4.69, 9.17) is 4.74 Å². The van der Waals surface area contributed by atoms with Gasteiger partial charge in [0.15, 0.2) is 4.90 Å². The fourth-order valence-corrected chi connectivity index (χ4v) is 3.67. The van der Waals surface area contributed by atoms with E-state index in [0.717, 1.165) is 6.07 Å². The number of nitrogens with zero attached hydrogens (tertiary/aromatic N) is 1. The normalized spacial score (nSPS) is 22.7. The molecular formula is C12H14FNO3S. The Morgan fingerprint density at radius 3 is 3.00 bits per heavy atom. The summed E-state index contributed by atoms with van der Waals surface area (Å²) in [6, 6.07) is 3.62. The maximum atomic E-state index is 13.8. The number of fused-ring (bicyclic) bond motifs is 1. The Bertz CT molecular complexity index is 571. The first-order chi connectivity index (χ1) is 8.48. The van der Waals surface area contributed by atoms with Gasteiger partial charge in [-0.05, 0) is 19.1 Å². The molecule has 0 spiro atoms. The molecule has 0 N–H and O–H groups in total. The second-order valence-electron chi connectivity index (χ2n) is 4.09. The maximum Gasteiger partial charge on any atom is 0.250 e. The van der Waals surface area contributed by atoms with Crippen LogP contribution in [0.15, 0.2) is 35.7 Å². The summed E-state index contributed by atoms with van der Waals surface area (Å²) in [6.45, 7) is 5.55. The van der Waals surface area contributed by atoms with Crippen LogP contribution < -0.4 is 4.74 Å². The van der Waals surface area contributed by atoms with Gasteiger partial charge in [0, 0.05) is 6.54 Å². The van der Waals surface area contributed by atoms with Gasteiger partial charge in [-0.3, -0.25) is 0 Å². The molecule has 6 heteroatoms. The molecule has 1 aromatic carbocycles. The van der Waals surface area contributed by atoms with Gasteiger partial charge < -0.3 is 4.74 Å². The van der Waals surface area contributed by atoms with Crippen LogP contribution in [0.4, 0.5) is 4.39 Å². The lowest BCUT2D eigenvalue weighted by atomic mass is 10.3. The summed E-state index contributed by atoms with van der Waals surface area (Å²) in [5.74, 6) is -0.732. The minimum absolute atomic E-state index is 0.0633. The van der Waals surface area contributed by atoms with Crippen molar-refractivity contribution in [2.75, 3.05) is 13.2 Å². The zero-order chi connectivity index (χ0) is 13.3. The van der Waals surface area contributed by atoms with Crippen molar-refractivity contribution in [1.82, 2.24) is 4.31 Å². The summed E-state index contributed by atoms with van der Waals surface area (Å²) < 4.78 is 45.1. The van der Waals surface area contributed by atoms with Gasteiger partial charge in [0.2, 0.25) is 10.0 Å². The van der Waals surface area contributed by atoms with Crippen LogP contribution in [0.2, 0.25) is 0 Å². The Labute approximate surface area is 106 Å². The van der Waals surface area contributed by atoms with E-state index >= 15 is 0 Å². The van der Waals surface area contributed by atoms with Crippen LogP contribution in [-0.4, -0.2) is 31.9 Å². The van der Waals surface area contributed by atoms with Crippen molar-refractivity contribution in [3.8, 4) is 5.75 Å². The van der Waals surface area contributed by atoms with Crippen molar-refractivity contribution in [3.05, 3.63) is 36.7 Å². The highest BCUT2D eigenvalue weighted by molar-refractivity contribution is 7.89. The molecule has 0 aliphatic carbocycles. The summed E-state index contributed by atoms with van der Waals surface area (Å²) in [4.78, 5) is -0.392. The van der Waals surface area contributed by atoms with Crippen molar-refractivity contribution in [2.45, 2.75) is 17.9 Å². The summed E-state index contributed by atoms with van der Waals surface area (Å²) in [6.07, 6.45) is 1.47. The molecule has 0 fully saturated rings. The van der Waals surface area contributed by atoms with E-state index in [2.05, 4.69) is 6.58 Å². The van der Waals surface area contributed by atoms with Gasteiger partial charge in [0.05, 0.1) is 6.04 Å². The fraction of sp³-hybridized carbons (Fsp3) is 0.333. The highest BCUT2D eigenvalue weighted by atomic mass is 32.2. The van der Waals surface area contributed by atoms with E-state index in [1.54, 1.807) is 6.92 Å². The molecule has 1 aliphatic rings. The third-order valence-electron chi connectivity index (χ3n) is 2.78. The van der Waals surface area contributed by atoms with Crippen molar-refractivity contribution in [1.29, 1.82) is 0 Å². The summed E-state index contributed by atoms with van der Waals surface area (Å²) in [5.41, 5.74) is 0. The summed E-state index contributed by atoms with van der Waals surface area (Å²) in [5, 5.41) is 0. The molecule has 0 radical (unpaired) electrons. The Morgan fingerprint density at radius 2 is 2.33 bits per heavy atom. The molecule has 0 amide bonds. The highest BCUT2D eigenvalue weighted by Crippen LogP contribution is 2.33. The van der Waals surface area contributed by atoms with E-state index in [1.807, 2.05) is 0 Å². The molecule has 0 aromatic heterocycles. The van der Waals surface area contributed by atoms with Gasteiger partial charge in [0.25, 0.3) is 0 Å². The first-order valence-corrected chi connectivity index (χ1v) is 6.96. The van der Waals surface area contributed by atoms with Crippen LogP contribution in [0.25, 0.3) is 0 Å². The van der Waals surface area contributed by atoms with Crippen LogP contribution in [-0.2, 0) is 10.0 Å². The molecule has 1 aromatic rings. The Balaban J connectivity index is 2.64. The van der Waals surface area contributed by atoms with Crippen LogP contribution in [0.1, 0.15) is 6.92 Å². The molecule has 1 atom stereocenters.